The lowest BCUT2D eigenvalue weighted by Crippen LogP contribution is -2.46. The van der Waals surface area contributed by atoms with E-state index < -0.39 is 0 Å². The Morgan fingerprint density at radius 2 is 1.94 bits per heavy atom. The molecule has 0 atom stereocenters. The molecular formula is C24H31N5O3S2. The van der Waals surface area contributed by atoms with Gasteiger partial charge in [0.25, 0.3) is 5.56 Å². The first-order chi connectivity index (χ1) is 16.4. The van der Waals surface area contributed by atoms with E-state index in [9.17, 15) is 9.59 Å². The van der Waals surface area contributed by atoms with E-state index in [1.54, 1.807) is 7.11 Å². The number of anilines is 1. The van der Waals surface area contributed by atoms with Crippen LogP contribution in [-0.2, 0) is 4.79 Å². The molecule has 1 saturated heterocycles. The molecule has 1 aromatic carbocycles. The van der Waals surface area contributed by atoms with Crippen LogP contribution in [-0.4, -0.2) is 66.1 Å². The summed E-state index contributed by atoms with van der Waals surface area (Å²) in [7, 11) is 1.71. The summed E-state index contributed by atoms with van der Waals surface area (Å²) in [5, 5.41) is 1.13. The van der Waals surface area contributed by atoms with Gasteiger partial charge in [0, 0.05) is 43.7 Å². The molecule has 0 saturated carbocycles. The first-order valence-corrected chi connectivity index (χ1v) is 13.2. The van der Waals surface area contributed by atoms with Crippen molar-refractivity contribution in [2.45, 2.75) is 32.3 Å². The Kier molecular flexibility index (Phi) is 7.80. The van der Waals surface area contributed by atoms with E-state index in [-0.39, 0.29) is 11.5 Å². The van der Waals surface area contributed by atoms with Gasteiger partial charge < -0.3 is 9.64 Å². The third-order valence-corrected chi connectivity index (χ3v) is 8.22. The Hall–Kier alpha value is -2.56. The minimum atomic E-state index is -0.289. The Bertz CT molecular complexity index is 1230. The Balaban J connectivity index is 1.35. The highest BCUT2D eigenvalue weighted by molar-refractivity contribution is 7.99. The molecule has 1 aliphatic heterocycles. The number of benzene rings is 1. The third kappa shape index (κ3) is 5.24. The molecule has 1 fully saturated rings. The molecule has 1 aliphatic rings. The summed E-state index contributed by atoms with van der Waals surface area (Å²) in [4.78, 5) is 36.2. The first kappa shape index (κ1) is 24.6. The quantitative estimate of drug-likeness (QED) is 0.288. The number of aromatic nitrogens is 2. The molecule has 1 N–H and O–H groups in total. The number of nitrogens with zero attached hydrogens (tertiary/aromatic N) is 4. The van der Waals surface area contributed by atoms with Crippen molar-refractivity contribution in [2.24, 2.45) is 0 Å². The fraction of sp³-hybridized carbons (Fsp3) is 0.458. The van der Waals surface area contributed by atoms with Gasteiger partial charge in [-0.05, 0) is 44.5 Å². The van der Waals surface area contributed by atoms with Crippen molar-refractivity contribution in [2.75, 3.05) is 55.9 Å². The van der Waals surface area contributed by atoms with Gasteiger partial charge in [0.15, 0.2) is 5.16 Å². The number of amides is 1. The Labute approximate surface area is 207 Å². The van der Waals surface area contributed by atoms with Gasteiger partial charge >= 0.3 is 0 Å². The zero-order valence-corrected chi connectivity index (χ0v) is 21.7. The van der Waals surface area contributed by atoms with Crippen LogP contribution in [0.5, 0.6) is 5.75 Å². The van der Waals surface area contributed by atoms with Gasteiger partial charge in [-0.3, -0.25) is 19.9 Å². The monoisotopic (exact) mass is 501 g/mol. The Morgan fingerprint density at radius 1 is 1.21 bits per heavy atom. The summed E-state index contributed by atoms with van der Waals surface area (Å²) in [5.74, 6) is 1.44. The number of hydrogen-bond acceptors (Lipinski definition) is 8. The molecule has 34 heavy (non-hydrogen) atoms. The van der Waals surface area contributed by atoms with Crippen LogP contribution < -0.4 is 20.6 Å². The lowest BCUT2D eigenvalue weighted by atomic mass is 10.2. The fourth-order valence-corrected chi connectivity index (χ4v) is 6.13. The Morgan fingerprint density at radius 3 is 2.65 bits per heavy atom. The number of nitrogens with one attached hydrogen (secondary N) is 1. The van der Waals surface area contributed by atoms with Crippen molar-refractivity contribution in [1.29, 1.82) is 0 Å². The molecule has 0 unspecified atom stereocenters. The number of methoxy groups -OCH3 is 1. The normalized spacial score (nSPS) is 14.5. The number of thioether (sulfide) groups is 1. The molecule has 10 heteroatoms. The minimum absolute atomic E-state index is 0.211. The second kappa shape index (κ2) is 10.8. The van der Waals surface area contributed by atoms with Crippen LogP contribution in [0.4, 0.5) is 5.69 Å². The lowest BCUT2D eigenvalue weighted by Gasteiger charge is -2.36. The summed E-state index contributed by atoms with van der Waals surface area (Å²) in [5.41, 5.74) is 4.52. The van der Waals surface area contributed by atoms with E-state index in [1.165, 1.54) is 34.7 Å². The number of piperazine rings is 1. The maximum Gasteiger partial charge on any atom is 0.282 e. The molecule has 0 aliphatic carbocycles. The van der Waals surface area contributed by atoms with Crippen molar-refractivity contribution in [3.63, 3.8) is 0 Å². The highest BCUT2D eigenvalue weighted by Gasteiger charge is 2.20. The van der Waals surface area contributed by atoms with E-state index in [0.717, 1.165) is 71.6 Å². The van der Waals surface area contributed by atoms with Crippen molar-refractivity contribution in [3.05, 3.63) is 45.1 Å². The lowest BCUT2D eigenvalue weighted by molar-refractivity contribution is -0.115. The molecule has 0 bridgehead atoms. The highest BCUT2D eigenvalue weighted by Crippen LogP contribution is 2.29. The summed E-state index contributed by atoms with van der Waals surface area (Å²) >= 11 is 3.04. The second-order valence-electron chi connectivity index (χ2n) is 8.37. The van der Waals surface area contributed by atoms with Gasteiger partial charge in [0.2, 0.25) is 5.91 Å². The zero-order valence-electron chi connectivity index (χ0n) is 20.1. The summed E-state index contributed by atoms with van der Waals surface area (Å²) in [6, 6.07) is 8.16. The van der Waals surface area contributed by atoms with Crippen LogP contribution in [0.25, 0.3) is 10.2 Å². The SMILES string of the molecule is COc1ccccc1N1CCN(CCCSc2nc3sc(C)c(C)c3c(=O)n2NC(C)=O)CC1. The van der Waals surface area contributed by atoms with Gasteiger partial charge in [-0.2, -0.15) is 4.68 Å². The van der Waals surface area contributed by atoms with E-state index in [2.05, 4.69) is 21.3 Å². The summed E-state index contributed by atoms with van der Waals surface area (Å²) in [6.45, 7) is 10.2. The van der Waals surface area contributed by atoms with Gasteiger partial charge in [0.1, 0.15) is 10.6 Å². The van der Waals surface area contributed by atoms with Crippen LogP contribution in [0.3, 0.4) is 0 Å². The van der Waals surface area contributed by atoms with Gasteiger partial charge in [-0.15, -0.1) is 11.3 Å². The number of thiophene rings is 1. The van der Waals surface area contributed by atoms with Gasteiger partial charge in [-0.1, -0.05) is 23.9 Å². The van der Waals surface area contributed by atoms with Crippen molar-refractivity contribution in [3.8, 4) is 5.75 Å². The zero-order chi connectivity index (χ0) is 24.2. The molecule has 182 valence electrons. The molecule has 0 spiro atoms. The van der Waals surface area contributed by atoms with E-state index in [4.69, 9.17) is 9.72 Å². The number of carbonyl (C=O) groups is 1. The van der Waals surface area contributed by atoms with Crippen LogP contribution in [0, 0.1) is 13.8 Å². The largest absolute Gasteiger partial charge is 0.495 e. The molecule has 2 aromatic heterocycles. The molecule has 1 amide bonds. The standard InChI is InChI=1S/C24H31N5O3S2/c1-16-17(2)34-22-21(16)23(31)29(26-18(3)30)24(25-22)33-15-7-10-27-11-13-28(14-12-27)19-8-5-6-9-20(19)32-4/h5-6,8-9H,7,10-15H2,1-4H3,(H,26,30). The number of aryl methyl sites for hydroxylation is 2. The van der Waals surface area contributed by atoms with Crippen LogP contribution >= 0.6 is 23.1 Å². The van der Waals surface area contributed by atoms with Crippen molar-refractivity contribution in [1.82, 2.24) is 14.6 Å². The number of para-hydroxylation sites is 2. The number of fused-ring (bicyclic) bond motifs is 1. The maximum absolute atomic E-state index is 13.1. The minimum Gasteiger partial charge on any atom is -0.495 e. The van der Waals surface area contributed by atoms with Crippen LogP contribution in [0.2, 0.25) is 0 Å². The summed E-state index contributed by atoms with van der Waals surface area (Å²) in [6.07, 6.45) is 0.968. The molecule has 0 radical (unpaired) electrons. The topological polar surface area (TPSA) is 79.7 Å². The average Bonchev–Trinajstić information content (AvgIpc) is 3.12. The molecular weight excluding hydrogens is 470 g/mol. The van der Waals surface area contributed by atoms with E-state index in [1.807, 2.05) is 32.0 Å². The van der Waals surface area contributed by atoms with Crippen molar-refractivity contribution < 1.29 is 9.53 Å². The number of carbonyl (C=O) groups excluding carboxylic acids is 1. The van der Waals surface area contributed by atoms with Crippen molar-refractivity contribution >= 4 is 44.9 Å². The molecule has 3 aromatic rings. The van der Waals surface area contributed by atoms with Crippen LogP contribution in [0.15, 0.2) is 34.2 Å². The second-order valence-corrected chi connectivity index (χ2v) is 10.6. The van der Waals surface area contributed by atoms with Gasteiger partial charge in [0.05, 0.1) is 18.2 Å². The molecule has 4 rings (SSSR count). The molecule has 3 heterocycles. The van der Waals surface area contributed by atoms with E-state index >= 15 is 0 Å². The van der Waals surface area contributed by atoms with Crippen LogP contribution in [0.1, 0.15) is 23.8 Å². The predicted octanol–water partition coefficient (Wildman–Crippen LogP) is 3.48. The maximum atomic E-state index is 13.1. The third-order valence-electron chi connectivity index (χ3n) is 6.09. The van der Waals surface area contributed by atoms with Gasteiger partial charge in [-0.25, -0.2) is 4.98 Å². The number of hydrogen-bond donors (Lipinski definition) is 1. The predicted molar refractivity (Wildman–Crippen MR) is 140 cm³/mol. The smallest absolute Gasteiger partial charge is 0.282 e. The van der Waals surface area contributed by atoms with E-state index in [0.29, 0.717) is 10.5 Å². The number of ether oxygens (including phenoxy) is 1. The summed E-state index contributed by atoms with van der Waals surface area (Å²) < 4.78 is 6.82. The fourth-order valence-electron chi connectivity index (χ4n) is 4.18. The average molecular weight is 502 g/mol. The highest BCUT2D eigenvalue weighted by atomic mass is 32.2. The molecule has 8 nitrogen and oxygen atoms in total. The first-order valence-electron chi connectivity index (χ1n) is 11.4. The number of rotatable bonds is 8.